The van der Waals surface area contributed by atoms with Gasteiger partial charge in [0.2, 0.25) is 0 Å². The molecule has 0 aromatic heterocycles. The first kappa shape index (κ1) is 9.58. The molecule has 0 bridgehead atoms. The number of nitrogens with zero attached hydrogens (tertiary/aromatic N) is 2. The summed E-state index contributed by atoms with van der Waals surface area (Å²) in [5.41, 5.74) is 0.960. The van der Waals surface area contributed by atoms with Gasteiger partial charge in [-0.3, -0.25) is 9.79 Å². The van der Waals surface area contributed by atoms with E-state index in [2.05, 4.69) is 9.98 Å². The van der Waals surface area contributed by atoms with Gasteiger partial charge in [0.15, 0.2) is 0 Å². The Morgan fingerprint density at radius 3 is 2.93 bits per heavy atom. The van der Waals surface area contributed by atoms with E-state index in [0.29, 0.717) is 0 Å². The normalized spacial score (nSPS) is 19.3. The van der Waals surface area contributed by atoms with Crippen LogP contribution in [-0.2, 0) is 4.79 Å². The van der Waals surface area contributed by atoms with Crippen LogP contribution in [0.2, 0.25) is 0 Å². The van der Waals surface area contributed by atoms with Crippen LogP contribution in [0.1, 0.15) is 11.6 Å². The molecule has 76 valence electrons. The van der Waals surface area contributed by atoms with Crippen molar-refractivity contribution >= 4 is 18.3 Å². The zero-order chi connectivity index (χ0) is 10.7. The summed E-state index contributed by atoms with van der Waals surface area (Å²) < 4.78 is 5.10. The van der Waals surface area contributed by atoms with E-state index in [1.165, 1.54) is 12.4 Å². The molecule has 0 N–H and O–H groups in total. The summed E-state index contributed by atoms with van der Waals surface area (Å²) in [4.78, 5) is 18.6. The van der Waals surface area contributed by atoms with E-state index in [9.17, 15) is 4.79 Å². The molecule has 0 saturated heterocycles. The van der Waals surface area contributed by atoms with Gasteiger partial charge in [-0.05, 0) is 17.7 Å². The molecule has 15 heavy (non-hydrogen) atoms. The lowest BCUT2D eigenvalue weighted by molar-refractivity contribution is -0.111. The minimum atomic E-state index is -0.311. The lowest BCUT2D eigenvalue weighted by Crippen LogP contribution is -2.08. The second kappa shape index (κ2) is 4.04. The van der Waals surface area contributed by atoms with E-state index in [0.717, 1.165) is 11.3 Å². The molecule has 4 heteroatoms. The number of hydrogen-bond donors (Lipinski definition) is 0. The Balaban J connectivity index is 2.26. The molecule has 0 fully saturated rings. The van der Waals surface area contributed by atoms with Gasteiger partial charge in [-0.25, -0.2) is 4.99 Å². The van der Waals surface area contributed by atoms with E-state index < -0.39 is 0 Å². The quantitative estimate of drug-likeness (QED) is 0.728. The van der Waals surface area contributed by atoms with Crippen LogP contribution in [0.5, 0.6) is 5.75 Å². The van der Waals surface area contributed by atoms with Crippen LogP contribution in [0.3, 0.4) is 0 Å². The van der Waals surface area contributed by atoms with Crippen LogP contribution in [0, 0.1) is 0 Å². The van der Waals surface area contributed by atoms with Crippen molar-refractivity contribution in [3.8, 4) is 5.75 Å². The maximum absolute atomic E-state index is 10.8. The first-order chi connectivity index (χ1) is 7.29. The van der Waals surface area contributed by atoms with E-state index in [1.54, 1.807) is 7.11 Å². The van der Waals surface area contributed by atoms with Crippen LogP contribution in [0.4, 0.5) is 0 Å². The zero-order valence-electron chi connectivity index (χ0n) is 8.25. The molecule has 0 radical (unpaired) electrons. The van der Waals surface area contributed by atoms with Crippen molar-refractivity contribution in [1.82, 2.24) is 0 Å². The van der Waals surface area contributed by atoms with E-state index >= 15 is 0 Å². The second-order valence-electron chi connectivity index (χ2n) is 3.12. The summed E-state index contributed by atoms with van der Waals surface area (Å²) in [6.45, 7) is 0. The molecule has 1 atom stereocenters. The fourth-order valence-electron chi connectivity index (χ4n) is 1.36. The predicted molar refractivity (Wildman–Crippen MR) is 57.7 cm³/mol. The lowest BCUT2D eigenvalue weighted by Gasteiger charge is -2.10. The highest BCUT2D eigenvalue weighted by Gasteiger charge is 2.11. The van der Waals surface area contributed by atoms with Gasteiger partial charge in [-0.15, -0.1) is 0 Å². The summed E-state index contributed by atoms with van der Waals surface area (Å²) in [5.74, 6) is 0.460. The summed E-state index contributed by atoms with van der Waals surface area (Å²) in [5, 5.41) is 0. The van der Waals surface area contributed by atoms with E-state index in [1.807, 2.05) is 24.3 Å². The molecule has 2 rings (SSSR count). The van der Waals surface area contributed by atoms with Crippen molar-refractivity contribution < 1.29 is 9.53 Å². The van der Waals surface area contributed by atoms with Crippen molar-refractivity contribution in [3.05, 3.63) is 29.8 Å². The topological polar surface area (TPSA) is 51.0 Å². The average Bonchev–Trinajstić information content (AvgIpc) is 2.30. The fraction of sp³-hybridized carbons (Fsp3) is 0.182. The summed E-state index contributed by atoms with van der Waals surface area (Å²) >= 11 is 0. The molecule has 1 unspecified atom stereocenters. The molecule has 1 amide bonds. The monoisotopic (exact) mass is 202 g/mol. The van der Waals surface area contributed by atoms with Gasteiger partial charge in [0.1, 0.15) is 11.8 Å². The maximum atomic E-state index is 10.8. The Morgan fingerprint density at radius 1 is 1.40 bits per heavy atom. The standard InChI is InChI=1S/C11H10N2O2/c1-15-9-4-2-3-8(5-9)10-6-13-11(14)7-12-10/h2-7,10H,1H3. The van der Waals surface area contributed by atoms with Gasteiger partial charge >= 0.3 is 0 Å². The van der Waals surface area contributed by atoms with E-state index in [-0.39, 0.29) is 11.9 Å². The maximum Gasteiger partial charge on any atom is 0.287 e. The first-order valence-electron chi connectivity index (χ1n) is 4.55. The van der Waals surface area contributed by atoms with Gasteiger partial charge in [0, 0.05) is 6.21 Å². The zero-order valence-corrected chi connectivity index (χ0v) is 8.25. The molecule has 1 aromatic carbocycles. The van der Waals surface area contributed by atoms with Crippen LogP contribution in [0.25, 0.3) is 0 Å². The van der Waals surface area contributed by atoms with Crippen molar-refractivity contribution in [1.29, 1.82) is 0 Å². The molecule has 0 aliphatic carbocycles. The van der Waals surface area contributed by atoms with Crippen molar-refractivity contribution in [2.24, 2.45) is 9.98 Å². The fourth-order valence-corrected chi connectivity index (χ4v) is 1.36. The molecule has 1 aliphatic heterocycles. The van der Waals surface area contributed by atoms with Gasteiger partial charge in [0.25, 0.3) is 5.91 Å². The third-order valence-electron chi connectivity index (χ3n) is 2.12. The summed E-state index contributed by atoms with van der Waals surface area (Å²) in [6, 6.07) is 7.36. The average molecular weight is 202 g/mol. The third kappa shape index (κ3) is 2.10. The van der Waals surface area contributed by atoms with Gasteiger partial charge in [-0.2, -0.15) is 0 Å². The van der Waals surface area contributed by atoms with Gasteiger partial charge in [0.05, 0.1) is 13.3 Å². The number of rotatable bonds is 2. The SMILES string of the molecule is COc1cccc(C2C=NC(=O)C=N2)c1. The number of carbonyl (C=O) groups excluding carboxylic acids is 1. The van der Waals surface area contributed by atoms with Gasteiger partial charge < -0.3 is 4.74 Å². The third-order valence-corrected chi connectivity index (χ3v) is 2.12. The Hall–Kier alpha value is -1.97. The molecule has 1 aromatic rings. The predicted octanol–water partition coefficient (Wildman–Crippen LogP) is 1.42. The van der Waals surface area contributed by atoms with Crippen LogP contribution >= 0.6 is 0 Å². The van der Waals surface area contributed by atoms with Gasteiger partial charge in [-0.1, -0.05) is 12.1 Å². The van der Waals surface area contributed by atoms with Crippen molar-refractivity contribution in [2.45, 2.75) is 6.04 Å². The Kier molecular flexibility index (Phi) is 2.58. The Labute approximate surface area is 87.3 Å². The van der Waals surface area contributed by atoms with Crippen molar-refractivity contribution in [2.75, 3.05) is 7.11 Å². The highest BCUT2D eigenvalue weighted by Crippen LogP contribution is 2.21. The minimum absolute atomic E-state index is 0.183. The van der Waals surface area contributed by atoms with E-state index in [4.69, 9.17) is 4.74 Å². The Morgan fingerprint density at radius 2 is 2.27 bits per heavy atom. The first-order valence-corrected chi connectivity index (χ1v) is 4.55. The number of hydrogen-bond acceptors (Lipinski definition) is 3. The molecular formula is C11H10N2O2. The lowest BCUT2D eigenvalue weighted by atomic mass is 10.1. The number of carbonyl (C=O) groups is 1. The van der Waals surface area contributed by atoms with Crippen LogP contribution in [0.15, 0.2) is 34.3 Å². The number of aliphatic imine (C=N–C) groups is 2. The molecular weight excluding hydrogens is 192 g/mol. The number of benzene rings is 1. The smallest absolute Gasteiger partial charge is 0.287 e. The Bertz CT molecular complexity index is 422. The largest absolute Gasteiger partial charge is 0.497 e. The number of methoxy groups -OCH3 is 1. The van der Waals surface area contributed by atoms with Crippen molar-refractivity contribution in [3.63, 3.8) is 0 Å². The minimum Gasteiger partial charge on any atom is -0.497 e. The van der Waals surface area contributed by atoms with Crippen LogP contribution in [-0.4, -0.2) is 25.4 Å². The molecule has 0 spiro atoms. The second-order valence-corrected chi connectivity index (χ2v) is 3.12. The van der Waals surface area contributed by atoms with Crippen LogP contribution < -0.4 is 4.74 Å². The highest BCUT2D eigenvalue weighted by atomic mass is 16.5. The number of ether oxygens (including phenoxy) is 1. The number of amides is 1. The molecule has 4 nitrogen and oxygen atoms in total. The highest BCUT2D eigenvalue weighted by molar-refractivity contribution is 6.29. The summed E-state index contributed by atoms with van der Waals surface area (Å²) in [6.07, 6.45) is 2.78. The summed E-state index contributed by atoms with van der Waals surface area (Å²) in [7, 11) is 1.61. The molecule has 1 aliphatic rings. The molecule has 0 saturated carbocycles. The molecule has 1 heterocycles.